The molecule has 1 aromatic rings. The van der Waals surface area contributed by atoms with Gasteiger partial charge in [0.05, 0.1) is 6.07 Å². The van der Waals surface area contributed by atoms with E-state index in [0.29, 0.717) is 17.1 Å². The third-order valence-electron chi connectivity index (χ3n) is 2.79. The first kappa shape index (κ1) is 15.9. The van der Waals surface area contributed by atoms with Crippen LogP contribution >= 0.6 is 11.8 Å². The van der Waals surface area contributed by atoms with Crippen molar-refractivity contribution in [1.29, 1.82) is 5.26 Å². The Balaban J connectivity index is 2.43. The van der Waals surface area contributed by atoms with Crippen molar-refractivity contribution in [3.8, 4) is 6.07 Å². The van der Waals surface area contributed by atoms with Crippen LogP contribution in [0.15, 0.2) is 23.1 Å². The van der Waals surface area contributed by atoms with Crippen LogP contribution in [0.3, 0.4) is 0 Å². The van der Waals surface area contributed by atoms with Gasteiger partial charge in [0.15, 0.2) is 0 Å². The van der Waals surface area contributed by atoms with Crippen LogP contribution in [-0.2, 0) is 0 Å². The Labute approximate surface area is 117 Å². The summed E-state index contributed by atoms with van der Waals surface area (Å²) in [6, 6.07) is 5.69. The Kier molecular flexibility index (Phi) is 6.26. The molecule has 2 nitrogen and oxygen atoms in total. The molecular formula is C14H18F2N2S. The molecule has 0 fully saturated rings. The quantitative estimate of drug-likeness (QED) is 0.612. The van der Waals surface area contributed by atoms with Crippen LogP contribution in [0.1, 0.15) is 26.7 Å². The molecule has 0 radical (unpaired) electrons. The molecule has 0 aliphatic rings. The van der Waals surface area contributed by atoms with Gasteiger partial charge in [-0.25, -0.2) is 8.78 Å². The molecule has 1 unspecified atom stereocenters. The van der Waals surface area contributed by atoms with Crippen LogP contribution in [0, 0.1) is 23.0 Å². The lowest BCUT2D eigenvalue weighted by Crippen LogP contribution is -2.40. The summed E-state index contributed by atoms with van der Waals surface area (Å²) in [7, 11) is 0. The van der Waals surface area contributed by atoms with Gasteiger partial charge in [-0.2, -0.15) is 5.26 Å². The average Bonchev–Trinajstić information content (AvgIpc) is 2.39. The number of thioether (sulfide) groups is 1. The molecule has 0 heterocycles. The van der Waals surface area contributed by atoms with Gasteiger partial charge in [0.25, 0.3) is 0 Å². The van der Waals surface area contributed by atoms with E-state index in [2.05, 4.69) is 11.4 Å². The maximum absolute atomic E-state index is 13.4. The molecule has 1 N–H and O–H groups in total. The van der Waals surface area contributed by atoms with Gasteiger partial charge < -0.3 is 0 Å². The highest BCUT2D eigenvalue weighted by molar-refractivity contribution is 7.99. The highest BCUT2D eigenvalue weighted by Gasteiger charge is 2.21. The molecule has 1 rings (SSSR count). The summed E-state index contributed by atoms with van der Waals surface area (Å²) in [6.07, 6.45) is 1.44. The van der Waals surface area contributed by atoms with Crippen LogP contribution in [0.5, 0.6) is 0 Å². The van der Waals surface area contributed by atoms with Crippen molar-refractivity contribution in [2.45, 2.75) is 37.1 Å². The number of halogens is 2. The number of rotatable bonds is 7. The number of nitrogens with zero attached hydrogens (tertiary/aromatic N) is 1. The summed E-state index contributed by atoms with van der Waals surface area (Å²) in [5.41, 5.74) is -0.546. The van der Waals surface area contributed by atoms with Crippen molar-refractivity contribution in [2.24, 2.45) is 0 Å². The number of hydrogen-bond donors (Lipinski definition) is 1. The maximum atomic E-state index is 13.4. The van der Waals surface area contributed by atoms with E-state index in [1.807, 2.05) is 13.8 Å². The van der Waals surface area contributed by atoms with Crippen molar-refractivity contribution in [1.82, 2.24) is 5.32 Å². The number of nitrogens with one attached hydrogen (secondary N) is 1. The second kappa shape index (κ2) is 7.46. The summed E-state index contributed by atoms with van der Waals surface area (Å²) < 4.78 is 26.3. The van der Waals surface area contributed by atoms with Crippen molar-refractivity contribution < 1.29 is 8.78 Å². The summed E-state index contributed by atoms with van der Waals surface area (Å²) in [5.74, 6) is -0.178. The van der Waals surface area contributed by atoms with Gasteiger partial charge in [-0.1, -0.05) is 6.92 Å². The fourth-order valence-corrected chi connectivity index (χ4v) is 2.68. The van der Waals surface area contributed by atoms with E-state index in [1.165, 1.54) is 17.8 Å². The molecule has 5 heteroatoms. The minimum absolute atomic E-state index is 0.321. The molecule has 0 aromatic heterocycles. The summed E-state index contributed by atoms with van der Waals surface area (Å²) in [5, 5.41) is 12.2. The Morgan fingerprint density at radius 3 is 2.79 bits per heavy atom. The largest absolute Gasteiger partial charge is 0.300 e. The van der Waals surface area contributed by atoms with Gasteiger partial charge in [-0.15, -0.1) is 11.8 Å². The lowest BCUT2D eigenvalue weighted by Gasteiger charge is -2.22. The molecule has 0 spiro atoms. The molecule has 0 bridgehead atoms. The lowest BCUT2D eigenvalue weighted by atomic mass is 9.98. The molecule has 104 valence electrons. The monoisotopic (exact) mass is 284 g/mol. The number of benzene rings is 1. The van der Waals surface area contributed by atoms with E-state index in [4.69, 9.17) is 5.26 Å². The summed E-state index contributed by atoms with van der Waals surface area (Å²) in [6.45, 7) is 4.53. The van der Waals surface area contributed by atoms with Crippen LogP contribution in [0.25, 0.3) is 0 Å². The first-order valence-corrected chi connectivity index (χ1v) is 7.23. The molecule has 19 heavy (non-hydrogen) atoms. The minimum atomic E-state index is -0.546. The molecular weight excluding hydrogens is 266 g/mol. The number of nitriles is 1. The zero-order valence-electron chi connectivity index (χ0n) is 11.2. The van der Waals surface area contributed by atoms with Gasteiger partial charge in [-0.05, 0) is 50.3 Å². The van der Waals surface area contributed by atoms with E-state index in [0.717, 1.165) is 25.1 Å². The van der Waals surface area contributed by atoms with E-state index in [9.17, 15) is 8.78 Å². The highest BCUT2D eigenvalue weighted by Crippen LogP contribution is 2.24. The standard InChI is InChI=1S/C14H18F2N2S/c1-3-18-14(2,10-17)7-4-8-19-13-9-11(15)5-6-12(13)16/h5-6,9,18H,3-4,7-8H2,1-2H3. The molecule has 0 amide bonds. The predicted molar refractivity (Wildman–Crippen MR) is 74.0 cm³/mol. The maximum Gasteiger partial charge on any atom is 0.136 e. The van der Waals surface area contributed by atoms with Crippen LogP contribution < -0.4 is 5.32 Å². The van der Waals surface area contributed by atoms with Gasteiger partial charge in [0.2, 0.25) is 0 Å². The molecule has 1 aromatic carbocycles. The molecule has 0 saturated heterocycles. The Morgan fingerprint density at radius 2 is 2.16 bits per heavy atom. The fraction of sp³-hybridized carbons (Fsp3) is 0.500. The van der Waals surface area contributed by atoms with Crippen molar-refractivity contribution in [3.05, 3.63) is 29.8 Å². The lowest BCUT2D eigenvalue weighted by molar-refractivity contribution is 0.426. The smallest absolute Gasteiger partial charge is 0.136 e. The zero-order chi connectivity index (χ0) is 14.3. The third-order valence-corrected chi connectivity index (χ3v) is 3.90. The predicted octanol–water partition coefficient (Wildman–Crippen LogP) is 3.73. The third kappa shape index (κ3) is 5.17. The van der Waals surface area contributed by atoms with Crippen LogP contribution in [0.4, 0.5) is 8.78 Å². The second-order valence-corrected chi connectivity index (χ2v) is 5.64. The molecule has 0 aliphatic heterocycles. The van der Waals surface area contributed by atoms with Crippen molar-refractivity contribution in [2.75, 3.05) is 12.3 Å². The normalized spacial score (nSPS) is 13.8. The van der Waals surface area contributed by atoms with Gasteiger partial charge in [0, 0.05) is 4.90 Å². The highest BCUT2D eigenvalue weighted by atomic mass is 32.2. The first-order valence-electron chi connectivity index (χ1n) is 6.25. The first-order chi connectivity index (χ1) is 9.00. The van der Waals surface area contributed by atoms with Crippen molar-refractivity contribution >= 4 is 11.8 Å². The van der Waals surface area contributed by atoms with Crippen LogP contribution in [-0.4, -0.2) is 17.8 Å². The summed E-state index contributed by atoms with van der Waals surface area (Å²) in [4.78, 5) is 0.321. The average molecular weight is 284 g/mol. The van der Waals surface area contributed by atoms with E-state index >= 15 is 0 Å². The van der Waals surface area contributed by atoms with E-state index in [-0.39, 0.29) is 0 Å². The molecule has 0 saturated carbocycles. The fourth-order valence-electron chi connectivity index (χ4n) is 1.77. The summed E-state index contributed by atoms with van der Waals surface area (Å²) >= 11 is 1.28. The van der Waals surface area contributed by atoms with Crippen LogP contribution in [0.2, 0.25) is 0 Å². The Bertz CT molecular complexity index is 459. The Hall–Kier alpha value is -1.12. The minimum Gasteiger partial charge on any atom is -0.300 e. The molecule has 1 atom stereocenters. The van der Waals surface area contributed by atoms with E-state index in [1.54, 1.807) is 0 Å². The number of hydrogen-bond acceptors (Lipinski definition) is 3. The van der Waals surface area contributed by atoms with Gasteiger partial charge >= 0.3 is 0 Å². The topological polar surface area (TPSA) is 35.8 Å². The van der Waals surface area contributed by atoms with Gasteiger partial charge in [-0.3, -0.25) is 5.32 Å². The van der Waals surface area contributed by atoms with Crippen molar-refractivity contribution in [3.63, 3.8) is 0 Å². The SMILES string of the molecule is CCNC(C)(C#N)CCCSc1cc(F)ccc1F. The van der Waals surface area contributed by atoms with E-state index < -0.39 is 17.2 Å². The second-order valence-electron chi connectivity index (χ2n) is 4.50. The molecule has 0 aliphatic carbocycles. The zero-order valence-corrected chi connectivity index (χ0v) is 12.0. The van der Waals surface area contributed by atoms with Gasteiger partial charge in [0.1, 0.15) is 17.2 Å². The Morgan fingerprint density at radius 1 is 1.42 bits per heavy atom.